The summed E-state index contributed by atoms with van der Waals surface area (Å²) in [6.07, 6.45) is 0.563. The summed E-state index contributed by atoms with van der Waals surface area (Å²) in [6.45, 7) is 3.36. The third-order valence-electron chi connectivity index (χ3n) is 4.99. The van der Waals surface area contributed by atoms with Gasteiger partial charge in [0.2, 0.25) is 10.0 Å². The molecule has 0 aromatic heterocycles. The molecule has 2 aromatic carbocycles. The van der Waals surface area contributed by atoms with Gasteiger partial charge in [0.15, 0.2) is 0 Å². The van der Waals surface area contributed by atoms with Crippen LogP contribution in [0.15, 0.2) is 53.4 Å². The van der Waals surface area contributed by atoms with E-state index < -0.39 is 10.0 Å². The highest BCUT2D eigenvalue weighted by Gasteiger charge is 2.28. The molecular formula is C21H25N3O4S. The van der Waals surface area contributed by atoms with Gasteiger partial charge in [0.05, 0.1) is 4.90 Å². The van der Waals surface area contributed by atoms with Gasteiger partial charge in [-0.2, -0.15) is 4.31 Å². The number of nitrogens with one attached hydrogen (secondary N) is 1. The molecule has 7 nitrogen and oxygen atoms in total. The maximum absolute atomic E-state index is 13.0. The van der Waals surface area contributed by atoms with E-state index in [-0.39, 0.29) is 23.3 Å². The maximum atomic E-state index is 13.0. The molecule has 8 heteroatoms. The fourth-order valence-corrected chi connectivity index (χ4v) is 4.84. The lowest BCUT2D eigenvalue weighted by atomic mass is 10.1. The van der Waals surface area contributed by atoms with Crippen LogP contribution >= 0.6 is 0 Å². The lowest BCUT2D eigenvalue weighted by Crippen LogP contribution is -2.37. The predicted octanol–water partition coefficient (Wildman–Crippen LogP) is 1.89. The number of aryl methyl sites for hydroxylation is 1. The zero-order chi connectivity index (χ0) is 21.0. The second-order valence-corrected chi connectivity index (χ2v) is 8.96. The fourth-order valence-electron chi connectivity index (χ4n) is 3.37. The van der Waals surface area contributed by atoms with Crippen LogP contribution in [0.1, 0.15) is 32.7 Å². The van der Waals surface area contributed by atoms with Crippen LogP contribution in [0.4, 0.5) is 0 Å². The first-order valence-electron chi connectivity index (χ1n) is 9.51. The van der Waals surface area contributed by atoms with Gasteiger partial charge in [-0.25, -0.2) is 8.42 Å². The Morgan fingerprint density at radius 3 is 2.31 bits per heavy atom. The quantitative estimate of drug-likeness (QED) is 0.826. The van der Waals surface area contributed by atoms with Gasteiger partial charge in [-0.1, -0.05) is 17.7 Å². The highest BCUT2D eigenvalue weighted by atomic mass is 32.2. The lowest BCUT2D eigenvalue weighted by molar-refractivity contribution is 0.0764. The molecule has 3 rings (SSSR count). The average molecular weight is 416 g/mol. The SMILES string of the molecule is CNC(=O)c1ccc(S(=O)(=O)N2CCCN(C(=O)c3cccc(C)c3)CC2)cc1. The monoisotopic (exact) mass is 415 g/mol. The summed E-state index contributed by atoms with van der Waals surface area (Å²) in [4.78, 5) is 26.3. The summed E-state index contributed by atoms with van der Waals surface area (Å²) >= 11 is 0. The average Bonchev–Trinajstić information content (AvgIpc) is 2.99. The molecule has 1 fully saturated rings. The van der Waals surface area contributed by atoms with Crippen LogP contribution in [0, 0.1) is 6.92 Å². The van der Waals surface area contributed by atoms with Crippen molar-refractivity contribution < 1.29 is 18.0 Å². The summed E-state index contributed by atoms with van der Waals surface area (Å²) in [5.41, 5.74) is 2.03. The minimum Gasteiger partial charge on any atom is -0.355 e. The molecule has 0 unspecified atom stereocenters. The molecule has 2 amide bonds. The van der Waals surface area contributed by atoms with E-state index in [1.165, 1.54) is 35.6 Å². The lowest BCUT2D eigenvalue weighted by Gasteiger charge is -2.22. The van der Waals surface area contributed by atoms with Gasteiger partial charge in [-0.15, -0.1) is 0 Å². The molecule has 1 saturated heterocycles. The molecule has 0 saturated carbocycles. The van der Waals surface area contributed by atoms with Gasteiger partial charge in [0.25, 0.3) is 11.8 Å². The molecule has 0 spiro atoms. The van der Waals surface area contributed by atoms with E-state index in [2.05, 4.69) is 5.32 Å². The minimum absolute atomic E-state index is 0.0807. The molecule has 2 aromatic rings. The highest BCUT2D eigenvalue weighted by molar-refractivity contribution is 7.89. The van der Waals surface area contributed by atoms with E-state index in [9.17, 15) is 18.0 Å². The Bertz CT molecular complexity index is 1000. The Labute approximate surface area is 171 Å². The van der Waals surface area contributed by atoms with E-state index in [1.54, 1.807) is 11.0 Å². The Hall–Kier alpha value is -2.71. The van der Waals surface area contributed by atoms with Crippen LogP contribution in [0.25, 0.3) is 0 Å². The van der Waals surface area contributed by atoms with Crippen molar-refractivity contribution in [3.05, 3.63) is 65.2 Å². The molecule has 0 atom stereocenters. The number of hydrogen-bond donors (Lipinski definition) is 1. The molecule has 1 heterocycles. The van der Waals surface area contributed by atoms with Crippen molar-refractivity contribution in [1.82, 2.24) is 14.5 Å². The second-order valence-electron chi connectivity index (χ2n) is 7.02. The van der Waals surface area contributed by atoms with Crippen LogP contribution in [-0.4, -0.2) is 62.7 Å². The van der Waals surface area contributed by atoms with Crippen molar-refractivity contribution in [2.24, 2.45) is 0 Å². The first-order valence-corrected chi connectivity index (χ1v) is 10.9. The maximum Gasteiger partial charge on any atom is 0.253 e. The molecule has 1 aliphatic heterocycles. The van der Waals surface area contributed by atoms with Crippen molar-refractivity contribution in [3.8, 4) is 0 Å². The minimum atomic E-state index is -3.69. The number of hydrogen-bond acceptors (Lipinski definition) is 4. The van der Waals surface area contributed by atoms with Crippen LogP contribution in [0.3, 0.4) is 0 Å². The van der Waals surface area contributed by atoms with Crippen molar-refractivity contribution >= 4 is 21.8 Å². The predicted molar refractivity (Wildman–Crippen MR) is 110 cm³/mol. The molecule has 0 radical (unpaired) electrons. The summed E-state index contributed by atoms with van der Waals surface area (Å²) in [5.74, 6) is -0.350. The summed E-state index contributed by atoms with van der Waals surface area (Å²) < 4.78 is 27.4. The number of benzene rings is 2. The fraction of sp³-hybridized carbons (Fsp3) is 0.333. The summed E-state index contributed by atoms with van der Waals surface area (Å²) in [5, 5.41) is 2.51. The van der Waals surface area contributed by atoms with Gasteiger partial charge in [0, 0.05) is 44.4 Å². The van der Waals surface area contributed by atoms with E-state index in [4.69, 9.17) is 0 Å². The Balaban J connectivity index is 1.72. The molecule has 29 heavy (non-hydrogen) atoms. The van der Waals surface area contributed by atoms with Crippen LogP contribution in [-0.2, 0) is 10.0 Å². The van der Waals surface area contributed by atoms with E-state index in [0.29, 0.717) is 37.2 Å². The molecule has 1 N–H and O–H groups in total. The number of carbonyl (C=O) groups is 2. The standard InChI is InChI=1S/C21H25N3O4S/c1-16-5-3-6-18(15-16)21(26)23-11-4-12-24(14-13-23)29(27,28)19-9-7-17(8-10-19)20(25)22-2/h3,5-10,15H,4,11-14H2,1-2H3,(H,22,25). The third-order valence-corrected chi connectivity index (χ3v) is 6.90. The third kappa shape index (κ3) is 4.65. The molecule has 0 aliphatic carbocycles. The van der Waals surface area contributed by atoms with Crippen molar-refractivity contribution in [1.29, 1.82) is 0 Å². The smallest absolute Gasteiger partial charge is 0.253 e. The van der Waals surface area contributed by atoms with Crippen molar-refractivity contribution in [3.63, 3.8) is 0 Å². The van der Waals surface area contributed by atoms with Gasteiger partial charge >= 0.3 is 0 Å². The zero-order valence-corrected chi connectivity index (χ0v) is 17.4. The first-order chi connectivity index (χ1) is 13.8. The number of sulfonamides is 1. The van der Waals surface area contributed by atoms with Gasteiger partial charge < -0.3 is 10.2 Å². The Kier molecular flexibility index (Phi) is 6.34. The number of nitrogens with zero attached hydrogens (tertiary/aromatic N) is 2. The summed E-state index contributed by atoms with van der Waals surface area (Å²) in [6, 6.07) is 13.3. The highest BCUT2D eigenvalue weighted by Crippen LogP contribution is 2.19. The summed E-state index contributed by atoms with van der Waals surface area (Å²) in [7, 11) is -2.17. The van der Waals surface area contributed by atoms with Gasteiger partial charge in [0.1, 0.15) is 0 Å². The van der Waals surface area contributed by atoms with Crippen LogP contribution in [0.2, 0.25) is 0 Å². The van der Waals surface area contributed by atoms with Gasteiger partial charge in [-0.05, 0) is 49.7 Å². The van der Waals surface area contributed by atoms with E-state index >= 15 is 0 Å². The van der Waals surface area contributed by atoms with Crippen molar-refractivity contribution in [2.75, 3.05) is 33.2 Å². The van der Waals surface area contributed by atoms with E-state index in [0.717, 1.165) is 5.56 Å². The second kappa shape index (κ2) is 8.75. The molecule has 154 valence electrons. The topological polar surface area (TPSA) is 86.8 Å². The normalized spacial score (nSPS) is 15.6. The number of carbonyl (C=O) groups excluding carboxylic acids is 2. The van der Waals surface area contributed by atoms with E-state index in [1.807, 2.05) is 25.1 Å². The molecular weight excluding hydrogens is 390 g/mol. The Morgan fingerprint density at radius 2 is 1.66 bits per heavy atom. The molecule has 1 aliphatic rings. The zero-order valence-electron chi connectivity index (χ0n) is 16.6. The largest absolute Gasteiger partial charge is 0.355 e. The van der Waals surface area contributed by atoms with Crippen LogP contribution in [0.5, 0.6) is 0 Å². The van der Waals surface area contributed by atoms with Gasteiger partial charge in [-0.3, -0.25) is 9.59 Å². The Morgan fingerprint density at radius 1 is 0.931 bits per heavy atom. The number of rotatable bonds is 4. The van der Waals surface area contributed by atoms with Crippen LogP contribution < -0.4 is 5.32 Å². The number of amides is 2. The first kappa shape index (κ1) is 21.0. The molecule has 0 bridgehead atoms. The van der Waals surface area contributed by atoms with Crippen molar-refractivity contribution in [2.45, 2.75) is 18.2 Å².